The number of aliphatic carboxylic acids is 1. The molecule has 11 heteroatoms. The van der Waals surface area contributed by atoms with E-state index in [9.17, 15) is 18.0 Å². The quantitative estimate of drug-likeness (QED) is 0.772. The first kappa shape index (κ1) is 22.9. The van der Waals surface area contributed by atoms with Crippen LogP contribution in [0.5, 0.6) is 0 Å². The number of nitrogens with one attached hydrogen (secondary N) is 1. The molecule has 2 saturated heterocycles. The highest BCUT2D eigenvalue weighted by molar-refractivity contribution is 5.79. The number of alkyl halides is 3. The highest BCUT2D eigenvalue weighted by Gasteiger charge is 2.42. The lowest BCUT2D eigenvalue weighted by Crippen LogP contribution is -2.54. The molecule has 8 nitrogen and oxygen atoms in total. The van der Waals surface area contributed by atoms with Crippen LogP contribution in [0.3, 0.4) is 0 Å². The Kier molecular flexibility index (Phi) is 7.77. The number of nitrogens with zero attached hydrogens (tertiary/aromatic N) is 3. The van der Waals surface area contributed by atoms with Gasteiger partial charge in [0.2, 0.25) is 5.91 Å². The van der Waals surface area contributed by atoms with Crippen LogP contribution >= 0.6 is 0 Å². The summed E-state index contributed by atoms with van der Waals surface area (Å²) in [6.07, 6.45) is 0.184. The summed E-state index contributed by atoms with van der Waals surface area (Å²) in [6, 6.07) is 2.10. The smallest absolute Gasteiger partial charge is 0.475 e. The van der Waals surface area contributed by atoms with Crippen LogP contribution in [0.2, 0.25) is 0 Å². The Morgan fingerprint density at radius 1 is 1.34 bits per heavy atom. The fraction of sp³-hybridized carbons (Fsp3) is 0.667. The summed E-state index contributed by atoms with van der Waals surface area (Å²) in [4.78, 5) is 31.9. The van der Waals surface area contributed by atoms with Crippen molar-refractivity contribution in [3.63, 3.8) is 0 Å². The second kappa shape index (κ2) is 9.86. The van der Waals surface area contributed by atoms with Gasteiger partial charge < -0.3 is 20.1 Å². The van der Waals surface area contributed by atoms with Crippen LogP contribution in [-0.2, 0) is 14.3 Å². The number of fused-ring (bicyclic) bond motifs is 1. The molecule has 29 heavy (non-hydrogen) atoms. The lowest BCUT2D eigenvalue weighted by molar-refractivity contribution is -0.192. The van der Waals surface area contributed by atoms with Crippen molar-refractivity contribution in [3.8, 4) is 0 Å². The van der Waals surface area contributed by atoms with E-state index in [2.05, 4.69) is 20.2 Å². The largest absolute Gasteiger partial charge is 0.490 e. The van der Waals surface area contributed by atoms with E-state index in [0.29, 0.717) is 6.61 Å². The van der Waals surface area contributed by atoms with Gasteiger partial charge in [0.05, 0.1) is 6.10 Å². The maximum atomic E-state index is 12.5. The average molecular weight is 418 g/mol. The molecule has 2 aliphatic rings. The molecule has 0 bridgehead atoms. The van der Waals surface area contributed by atoms with E-state index in [0.717, 1.165) is 31.7 Å². The molecule has 0 aliphatic carbocycles. The van der Waals surface area contributed by atoms with Crippen LogP contribution in [0.15, 0.2) is 18.6 Å². The number of aromatic nitrogens is 2. The van der Waals surface area contributed by atoms with E-state index in [1.54, 1.807) is 12.5 Å². The van der Waals surface area contributed by atoms with E-state index in [1.807, 2.05) is 19.9 Å². The zero-order valence-electron chi connectivity index (χ0n) is 16.2. The molecule has 2 aliphatic heterocycles. The lowest BCUT2D eigenvalue weighted by Gasteiger charge is -2.45. The molecule has 0 unspecified atom stereocenters. The van der Waals surface area contributed by atoms with Crippen molar-refractivity contribution in [2.24, 2.45) is 11.8 Å². The highest BCUT2D eigenvalue weighted by Crippen LogP contribution is 2.34. The van der Waals surface area contributed by atoms with E-state index in [1.165, 1.54) is 0 Å². The zero-order valence-corrected chi connectivity index (χ0v) is 16.2. The van der Waals surface area contributed by atoms with E-state index >= 15 is 0 Å². The Morgan fingerprint density at radius 2 is 2.03 bits per heavy atom. The number of ether oxygens (including phenoxy) is 1. The minimum Gasteiger partial charge on any atom is -0.475 e. The Hall–Kier alpha value is -2.43. The molecule has 2 N–H and O–H groups in total. The van der Waals surface area contributed by atoms with Gasteiger partial charge >= 0.3 is 12.1 Å². The van der Waals surface area contributed by atoms with Crippen molar-refractivity contribution in [2.75, 3.05) is 24.6 Å². The molecule has 3 rings (SSSR count). The van der Waals surface area contributed by atoms with Crippen molar-refractivity contribution >= 4 is 17.7 Å². The zero-order chi connectivity index (χ0) is 21.6. The molecule has 3 atom stereocenters. The van der Waals surface area contributed by atoms with Gasteiger partial charge in [0, 0.05) is 43.8 Å². The summed E-state index contributed by atoms with van der Waals surface area (Å²) < 4.78 is 37.6. The van der Waals surface area contributed by atoms with E-state index < -0.39 is 12.1 Å². The minimum absolute atomic E-state index is 0.0331. The number of carbonyl (C=O) groups excluding carboxylic acids is 1. The van der Waals surface area contributed by atoms with Gasteiger partial charge in [-0.3, -0.25) is 4.79 Å². The summed E-state index contributed by atoms with van der Waals surface area (Å²) >= 11 is 0. The van der Waals surface area contributed by atoms with Crippen molar-refractivity contribution < 1.29 is 32.6 Å². The topological polar surface area (TPSA) is 105 Å². The predicted octanol–water partition coefficient (Wildman–Crippen LogP) is 1.87. The summed E-state index contributed by atoms with van der Waals surface area (Å²) in [7, 11) is 0. The second-order valence-corrected chi connectivity index (χ2v) is 7.24. The SMILES string of the molecule is CC(C)NC(=O)[C@@H]1CCO[C@@H]2CCN(c3ccncn3)C[C@H]21.O=C(O)C(F)(F)F. The molecule has 2 fully saturated rings. The summed E-state index contributed by atoms with van der Waals surface area (Å²) in [5.74, 6) is -1.39. The Labute approximate surface area is 166 Å². The Balaban J connectivity index is 0.000000370. The summed E-state index contributed by atoms with van der Waals surface area (Å²) in [5, 5.41) is 10.2. The molecule has 0 spiro atoms. The first-order valence-corrected chi connectivity index (χ1v) is 9.32. The van der Waals surface area contributed by atoms with Crippen LogP contribution < -0.4 is 10.2 Å². The van der Waals surface area contributed by atoms with Gasteiger partial charge in [-0.1, -0.05) is 0 Å². The highest BCUT2D eigenvalue weighted by atomic mass is 19.4. The van der Waals surface area contributed by atoms with Gasteiger partial charge in [0.25, 0.3) is 0 Å². The molecule has 3 heterocycles. The van der Waals surface area contributed by atoms with Gasteiger partial charge in [0.1, 0.15) is 12.1 Å². The first-order chi connectivity index (χ1) is 13.6. The third kappa shape index (κ3) is 6.55. The Morgan fingerprint density at radius 3 is 2.59 bits per heavy atom. The number of rotatable bonds is 3. The standard InChI is InChI=1S/C16H24N4O2.C2HF3O2/c1-11(2)19-16(21)12-5-8-22-14-4-7-20(9-13(12)14)15-3-6-17-10-18-15;3-2(4,5)1(6)7/h3,6,10-14H,4-5,7-9H2,1-2H3,(H,19,21);(H,6,7)/t12-,13+,14-;/m1./s1. The van der Waals surface area contributed by atoms with Crippen LogP contribution in [0.4, 0.5) is 19.0 Å². The number of carboxylic acids is 1. The number of hydrogen-bond acceptors (Lipinski definition) is 6. The molecule has 0 radical (unpaired) electrons. The number of piperidine rings is 1. The van der Waals surface area contributed by atoms with Crippen LogP contribution in [0.25, 0.3) is 0 Å². The third-order valence-corrected chi connectivity index (χ3v) is 4.77. The third-order valence-electron chi connectivity index (χ3n) is 4.77. The van der Waals surface area contributed by atoms with Gasteiger partial charge in [0.15, 0.2) is 0 Å². The number of hydrogen-bond donors (Lipinski definition) is 2. The average Bonchev–Trinajstić information content (AvgIpc) is 2.67. The fourth-order valence-electron chi connectivity index (χ4n) is 3.51. The summed E-state index contributed by atoms with van der Waals surface area (Å²) in [5.41, 5.74) is 0. The van der Waals surface area contributed by atoms with Gasteiger partial charge in [-0.05, 0) is 32.8 Å². The normalized spacial score (nSPS) is 24.2. The van der Waals surface area contributed by atoms with Gasteiger partial charge in [-0.25, -0.2) is 14.8 Å². The molecule has 0 aromatic carbocycles. The van der Waals surface area contributed by atoms with E-state index in [4.69, 9.17) is 14.6 Å². The minimum atomic E-state index is -5.08. The van der Waals surface area contributed by atoms with Crippen molar-refractivity contribution in [2.45, 2.75) is 45.0 Å². The number of amides is 1. The molecular weight excluding hydrogens is 393 g/mol. The molecule has 0 saturated carbocycles. The number of anilines is 1. The van der Waals surface area contributed by atoms with E-state index in [-0.39, 0.29) is 29.9 Å². The number of carboxylic acid groups (broad SMARTS) is 1. The second-order valence-electron chi connectivity index (χ2n) is 7.24. The summed E-state index contributed by atoms with van der Waals surface area (Å²) in [6.45, 7) is 6.42. The molecular formula is C18H25F3N4O4. The van der Waals surface area contributed by atoms with Gasteiger partial charge in [-0.15, -0.1) is 0 Å². The van der Waals surface area contributed by atoms with Crippen molar-refractivity contribution in [3.05, 3.63) is 18.6 Å². The Bertz CT molecular complexity index is 687. The van der Waals surface area contributed by atoms with Crippen LogP contribution in [0, 0.1) is 11.8 Å². The number of carbonyl (C=O) groups is 2. The lowest BCUT2D eigenvalue weighted by atomic mass is 9.79. The fourth-order valence-corrected chi connectivity index (χ4v) is 3.51. The monoisotopic (exact) mass is 418 g/mol. The molecule has 1 aromatic heterocycles. The molecule has 1 amide bonds. The number of halogens is 3. The van der Waals surface area contributed by atoms with Crippen molar-refractivity contribution in [1.82, 2.24) is 15.3 Å². The van der Waals surface area contributed by atoms with Crippen LogP contribution in [-0.4, -0.2) is 65.0 Å². The van der Waals surface area contributed by atoms with Crippen LogP contribution in [0.1, 0.15) is 26.7 Å². The maximum absolute atomic E-state index is 12.5. The molecule has 1 aromatic rings. The predicted molar refractivity (Wildman–Crippen MR) is 97.2 cm³/mol. The first-order valence-electron chi connectivity index (χ1n) is 9.32. The maximum Gasteiger partial charge on any atom is 0.490 e. The van der Waals surface area contributed by atoms with Crippen molar-refractivity contribution in [1.29, 1.82) is 0 Å². The van der Waals surface area contributed by atoms with Gasteiger partial charge in [-0.2, -0.15) is 13.2 Å². The molecule has 162 valence electrons.